The number of benzene rings is 1. The third-order valence-electron chi connectivity index (χ3n) is 3.31. The SMILES string of the molecule is CCCCc1ccc(CCc2ccc(O)cc2)nc1. The minimum Gasteiger partial charge on any atom is -0.508 e. The molecule has 100 valence electrons. The fraction of sp³-hybridized carbons (Fsp3) is 0.353. The highest BCUT2D eigenvalue weighted by Gasteiger charge is 1.99. The summed E-state index contributed by atoms with van der Waals surface area (Å²) >= 11 is 0. The van der Waals surface area contributed by atoms with Crippen LogP contribution < -0.4 is 0 Å². The molecule has 0 aliphatic heterocycles. The van der Waals surface area contributed by atoms with Crippen LogP contribution in [-0.2, 0) is 19.3 Å². The van der Waals surface area contributed by atoms with Crippen LogP contribution in [0.15, 0.2) is 42.6 Å². The maximum Gasteiger partial charge on any atom is 0.115 e. The van der Waals surface area contributed by atoms with Crippen LogP contribution >= 0.6 is 0 Å². The van der Waals surface area contributed by atoms with Crippen LogP contribution in [0.3, 0.4) is 0 Å². The van der Waals surface area contributed by atoms with E-state index in [0.29, 0.717) is 5.75 Å². The second kappa shape index (κ2) is 6.93. The van der Waals surface area contributed by atoms with Gasteiger partial charge in [-0.25, -0.2) is 0 Å². The van der Waals surface area contributed by atoms with Crippen molar-refractivity contribution in [3.8, 4) is 5.75 Å². The van der Waals surface area contributed by atoms with E-state index in [2.05, 4.69) is 24.0 Å². The van der Waals surface area contributed by atoms with E-state index in [1.807, 2.05) is 18.3 Å². The minimum absolute atomic E-state index is 0.321. The van der Waals surface area contributed by atoms with Gasteiger partial charge >= 0.3 is 0 Å². The first-order valence-corrected chi connectivity index (χ1v) is 6.99. The molecular weight excluding hydrogens is 234 g/mol. The summed E-state index contributed by atoms with van der Waals surface area (Å²) in [6.45, 7) is 2.21. The smallest absolute Gasteiger partial charge is 0.115 e. The van der Waals surface area contributed by atoms with E-state index in [4.69, 9.17) is 0 Å². The molecule has 2 aromatic rings. The Balaban J connectivity index is 1.87. The summed E-state index contributed by atoms with van der Waals surface area (Å²) in [4.78, 5) is 4.51. The average molecular weight is 255 g/mol. The summed E-state index contributed by atoms with van der Waals surface area (Å²) in [5.41, 5.74) is 3.69. The first-order valence-electron chi connectivity index (χ1n) is 6.99. The van der Waals surface area contributed by atoms with E-state index in [-0.39, 0.29) is 0 Å². The molecule has 0 bridgehead atoms. The number of pyridine rings is 1. The van der Waals surface area contributed by atoms with Crippen LogP contribution in [0, 0.1) is 0 Å². The lowest BCUT2D eigenvalue weighted by Crippen LogP contribution is -1.95. The van der Waals surface area contributed by atoms with E-state index in [9.17, 15) is 5.11 Å². The van der Waals surface area contributed by atoms with Crippen molar-refractivity contribution < 1.29 is 5.11 Å². The van der Waals surface area contributed by atoms with Crippen LogP contribution in [0.5, 0.6) is 5.75 Å². The number of aromatic hydroxyl groups is 1. The summed E-state index contributed by atoms with van der Waals surface area (Å²) in [5.74, 6) is 0.321. The first kappa shape index (κ1) is 13.6. The van der Waals surface area contributed by atoms with Gasteiger partial charge in [0, 0.05) is 11.9 Å². The van der Waals surface area contributed by atoms with E-state index in [1.165, 1.54) is 24.0 Å². The topological polar surface area (TPSA) is 33.1 Å². The van der Waals surface area contributed by atoms with Crippen LogP contribution in [0.1, 0.15) is 36.6 Å². The van der Waals surface area contributed by atoms with Crippen molar-refractivity contribution in [3.05, 3.63) is 59.4 Å². The highest BCUT2D eigenvalue weighted by Crippen LogP contribution is 2.12. The first-order chi connectivity index (χ1) is 9.28. The molecule has 1 aromatic heterocycles. The Morgan fingerprint density at radius 2 is 1.63 bits per heavy atom. The predicted molar refractivity (Wildman–Crippen MR) is 78.4 cm³/mol. The second-order valence-corrected chi connectivity index (χ2v) is 4.93. The maximum absolute atomic E-state index is 9.23. The maximum atomic E-state index is 9.23. The average Bonchev–Trinajstić information content (AvgIpc) is 2.46. The number of rotatable bonds is 6. The molecule has 0 saturated heterocycles. The Hall–Kier alpha value is -1.83. The zero-order chi connectivity index (χ0) is 13.5. The number of hydrogen-bond donors (Lipinski definition) is 1. The highest BCUT2D eigenvalue weighted by molar-refractivity contribution is 5.26. The number of aromatic nitrogens is 1. The van der Waals surface area contributed by atoms with Gasteiger partial charge in [0.1, 0.15) is 5.75 Å². The summed E-state index contributed by atoms with van der Waals surface area (Å²) in [6, 6.07) is 11.7. The summed E-state index contributed by atoms with van der Waals surface area (Å²) < 4.78 is 0. The fourth-order valence-corrected chi connectivity index (χ4v) is 2.07. The molecule has 1 N–H and O–H groups in total. The molecule has 1 heterocycles. The minimum atomic E-state index is 0.321. The van der Waals surface area contributed by atoms with Gasteiger partial charge in [0.2, 0.25) is 0 Å². The molecule has 0 saturated carbocycles. The van der Waals surface area contributed by atoms with Gasteiger partial charge in [0.25, 0.3) is 0 Å². The monoisotopic (exact) mass is 255 g/mol. The zero-order valence-electron chi connectivity index (χ0n) is 11.5. The van der Waals surface area contributed by atoms with Crippen LogP contribution in [0.2, 0.25) is 0 Å². The van der Waals surface area contributed by atoms with Gasteiger partial charge in [-0.3, -0.25) is 4.98 Å². The van der Waals surface area contributed by atoms with E-state index >= 15 is 0 Å². The Labute approximate surface area is 115 Å². The summed E-state index contributed by atoms with van der Waals surface area (Å²) in [5, 5.41) is 9.23. The van der Waals surface area contributed by atoms with Crippen molar-refractivity contribution in [2.24, 2.45) is 0 Å². The van der Waals surface area contributed by atoms with Gasteiger partial charge in [0.05, 0.1) is 0 Å². The quantitative estimate of drug-likeness (QED) is 0.848. The summed E-state index contributed by atoms with van der Waals surface area (Å²) in [7, 11) is 0. The third-order valence-corrected chi connectivity index (χ3v) is 3.31. The van der Waals surface area contributed by atoms with Gasteiger partial charge in [-0.05, 0) is 55.0 Å². The lowest BCUT2D eigenvalue weighted by atomic mass is 10.1. The molecule has 0 spiro atoms. The van der Waals surface area contributed by atoms with Gasteiger partial charge in [-0.15, -0.1) is 0 Å². The Morgan fingerprint density at radius 3 is 2.26 bits per heavy atom. The summed E-state index contributed by atoms with van der Waals surface area (Å²) in [6.07, 6.45) is 7.49. The molecule has 2 nitrogen and oxygen atoms in total. The largest absolute Gasteiger partial charge is 0.508 e. The number of aryl methyl sites for hydroxylation is 3. The molecule has 2 heteroatoms. The van der Waals surface area contributed by atoms with Crippen molar-refractivity contribution in [2.45, 2.75) is 39.0 Å². The van der Waals surface area contributed by atoms with Crippen molar-refractivity contribution in [3.63, 3.8) is 0 Å². The van der Waals surface area contributed by atoms with E-state index < -0.39 is 0 Å². The van der Waals surface area contributed by atoms with Gasteiger partial charge in [-0.2, -0.15) is 0 Å². The van der Waals surface area contributed by atoms with Gasteiger partial charge in [-0.1, -0.05) is 31.5 Å². The van der Waals surface area contributed by atoms with Crippen molar-refractivity contribution in [1.82, 2.24) is 4.98 Å². The van der Waals surface area contributed by atoms with Gasteiger partial charge in [0.15, 0.2) is 0 Å². The lowest BCUT2D eigenvalue weighted by Gasteiger charge is -2.04. The lowest BCUT2D eigenvalue weighted by molar-refractivity contribution is 0.475. The molecule has 19 heavy (non-hydrogen) atoms. The van der Waals surface area contributed by atoms with Crippen molar-refractivity contribution in [1.29, 1.82) is 0 Å². The highest BCUT2D eigenvalue weighted by atomic mass is 16.3. The molecule has 2 rings (SSSR count). The standard InChI is InChI=1S/C17H21NO/c1-2-3-4-15-6-10-16(18-13-15)9-5-14-7-11-17(19)12-8-14/h6-8,10-13,19H,2-5,9H2,1H3. The number of unbranched alkanes of at least 4 members (excludes halogenated alkanes) is 1. The van der Waals surface area contributed by atoms with Gasteiger partial charge < -0.3 is 5.11 Å². The number of phenols is 1. The number of nitrogens with zero attached hydrogens (tertiary/aromatic N) is 1. The third kappa shape index (κ3) is 4.40. The normalized spacial score (nSPS) is 10.6. The molecule has 0 radical (unpaired) electrons. The molecular formula is C17H21NO. The number of hydrogen-bond acceptors (Lipinski definition) is 2. The van der Waals surface area contributed by atoms with E-state index in [0.717, 1.165) is 25.0 Å². The molecule has 0 aliphatic rings. The predicted octanol–water partition coefficient (Wildman–Crippen LogP) is 3.92. The molecule has 0 atom stereocenters. The Morgan fingerprint density at radius 1 is 0.895 bits per heavy atom. The second-order valence-electron chi connectivity index (χ2n) is 4.93. The fourth-order valence-electron chi connectivity index (χ4n) is 2.07. The Bertz CT molecular complexity index is 488. The van der Waals surface area contributed by atoms with Crippen LogP contribution in [0.4, 0.5) is 0 Å². The van der Waals surface area contributed by atoms with Crippen molar-refractivity contribution in [2.75, 3.05) is 0 Å². The molecule has 0 aliphatic carbocycles. The molecule has 0 unspecified atom stereocenters. The van der Waals surface area contributed by atoms with Crippen LogP contribution in [0.25, 0.3) is 0 Å². The van der Waals surface area contributed by atoms with E-state index in [1.54, 1.807) is 12.1 Å². The Kier molecular flexibility index (Phi) is 4.96. The number of phenolic OH excluding ortho intramolecular Hbond substituents is 1. The van der Waals surface area contributed by atoms with Crippen molar-refractivity contribution >= 4 is 0 Å². The molecule has 0 fully saturated rings. The zero-order valence-corrected chi connectivity index (χ0v) is 11.5. The molecule has 0 amide bonds. The van der Waals surface area contributed by atoms with Crippen LogP contribution in [-0.4, -0.2) is 10.1 Å². The molecule has 1 aromatic carbocycles.